The normalized spacial score (nSPS) is 11.9. The monoisotopic (exact) mass is 361 g/mol. The van der Waals surface area contributed by atoms with Crippen LogP contribution in [0.4, 0.5) is 10.1 Å². The molecule has 0 saturated heterocycles. The van der Waals surface area contributed by atoms with E-state index in [1.807, 2.05) is 0 Å². The van der Waals surface area contributed by atoms with Gasteiger partial charge in [-0.2, -0.15) is 0 Å². The molecule has 116 valence electrons. The maximum atomic E-state index is 13.5. The maximum Gasteiger partial charge on any atom is 0.265 e. The topological polar surface area (TPSA) is 38.3 Å². The largest absolute Gasteiger partial charge is 0.478 e. The zero-order valence-corrected chi connectivity index (χ0v) is 13.6. The van der Waals surface area contributed by atoms with Crippen molar-refractivity contribution in [2.75, 3.05) is 5.32 Å². The third kappa shape index (κ3) is 4.03. The van der Waals surface area contributed by atoms with Crippen molar-refractivity contribution in [1.82, 2.24) is 0 Å². The average molecular weight is 363 g/mol. The van der Waals surface area contributed by atoms with Crippen molar-refractivity contribution in [2.45, 2.75) is 13.0 Å². The van der Waals surface area contributed by atoms with E-state index < -0.39 is 17.8 Å². The molecule has 22 heavy (non-hydrogen) atoms. The summed E-state index contributed by atoms with van der Waals surface area (Å²) < 4.78 is 18.8. The van der Waals surface area contributed by atoms with E-state index in [2.05, 4.69) is 5.32 Å². The van der Waals surface area contributed by atoms with E-state index in [0.29, 0.717) is 5.02 Å². The number of hydrogen-bond acceptors (Lipinski definition) is 2. The number of rotatable bonds is 4. The fourth-order valence-electron chi connectivity index (χ4n) is 1.67. The Morgan fingerprint density at radius 2 is 1.77 bits per heavy atom. The van der Waals surface area contributed by atoms with Gasteiger partial charge in [0.05, 0.1) is 15.7 Å². The first-order valence-electron chi connectivity index (χ1n) is 6.25. The molecule has 1 atom stereocenters. The number of anilines is 1. The highest BCUT2D eigenvalue weighted by molar-refractivity contribution is 6.42. The van der Waals surface area contributed by atoms with Crippen molar-refractivity contribution in [3.05, 3.63) is 57.3 Å². The zero-order valence-electron chi connectivity index (χ0n) is 11.4. The van der Waals surface area contributed by atoms with Crippen LogP contribution < -0.4 is 10.1 Å². The Balaban J connectivity index is 2.11. The molecule has 1 N–H and O–H groups in total. The Morgan fingerprint density at radius 1 is 1.18 bits per heavy atom. The van der Waals surface area contributed by atoms with Crippen LogP contribution >= 0.6 is 34.8 Å². The van der Waals surface area contributed by atoms with Crippen molar-refractivity contribution < 1.29 is 13.9 Å². The van der Waals surface area contributed by atoms with Crippen LogP contribution in [0.15, 0.2) is 36.4 Å². The van der Waals surface area contributed by atoms with E-state index in [-0.39, 0.29) is 21.5 Å². The summed E-state index contributed by atoms with van der Waals surface area (Å²) in [5.41, 5.74) is 0.224. The molecule has 0 unspecified atom stereocenters. The highest BCUT2D eigenvalue weighted by Crippen LogP contribution is 2.33. The second kappa shape index (κ2) is 7.18. The van der Waals surface area contributed by atoms with E-state index in [9.17, 15) is 9.18 Å². The van der Waals surface area contributed by atoms with E-state index in [1.54, 1.807) is 6.07 Å². The van der Waals surface area contributed by atoms with Crippen molar-refractivity contribution >= 4 is 46.4 Å². The molecule has 1 amide bonds. The summed E-state index contributed by atoms with van der Waals surface area (Å²) in [7, 11) is 0. The Hall–Kier alpha value is -1.49. The van der Waals surface area contributed by atoms with Crippen LogP contribution in [0.1, 0.15) is 6.92 Å². The van der Waals surface area contributed by atoms with Crippen LogP contribution in [0.3, 0.4) is 0 Å². The van der Waals surface area contributed by atoms with E-state index in [4.69, 9.17) is 39.5 Å². The van der Waals surface area contributed by atoms with E-state index in [0.717, 1.165) is 0 Å². The van der Waals surface area contributed by atoms with Crippen LogP contribution in [0.25, 0.3) is 0 Å². The first-order chi connectivity index (χ1) is 10.4. The third-order valence-electron chi connectivity index (χ3n) is 2.76. The van der Waals surface area contributed by atoms with Gasteiger partial charge in [0, 0.05) is 5.02 Å². The smallest absolute Gasteiger partial charge is 0.265 e. The Bertz CT molecular complexity index is 686. The van der Waals surface area contributed by atoms with E-state index >= 15 is 0 Å². The predicted molar refractivity (Wildman–Crippen MR) is 86.6 cm³/mol. The zero-order chi connectivity index (χ0) is 16.3. The number of benzene rings is 2. The Labute approximate surface area is 141 Å². The fourth-order valence-corrected chi connectivity index (χ4v) is 2.58. The second-order valence-electron chi connectivity index (χ2n) is 4.42. The molecule has 2 aromatic rings. The molecule has 0 saturated carbocycles. The van der Waals surface area contributed by atoms with Crippen molar-refractivity contribution in [1.29, 1.82) is 0 Å². The molecule has 0 aliphatic heterocycles. The highest BCUT2D eigenvalue weighted by Gasteiger charge is 2.19. The van der Waals surface area contributed by atoms with Crippen LogP contribution in [-0.4, -0.2) is 12.0 Å². The van der Waals surface area contributed by atoms with Gasteiger partial charge in [-0.05, 0) is 31.2 Å². The molecule has 0 radical (unpaired) electrons. The van der Waals surface area contributed by atoms with Gasteiger partial charge in [0.25, 0.3) is 5.91 Å². The third-order valence-corrected chi connectivity index (χ3v) is 3.58. The molecule has 0 aromatic heterocycles. The summed E-state index contributed by atoms with van der Waals surface area (Å²) in [4.78, 5) is 12.1. The molecular formula is C15H11Cl3FNO2. The van der Waals surface area contributed by atoms with Crippen molar-refractivity contribution in [2.24, 2.45) is 0 Å². The number of carbonyl (C=O) groups is 1. The Kier molecular flexibility index (Phi) is 5.51. The summed E-state index contributed by atoms with van der Waals surface area (Å²) in [5, 5.41) is 3.28. The lowest BCUT2D eigenvalue weighted by atomic mass is 10.3. The maximum absolute atomic E-state index is 13.5. The minimum atomic E-state index is -0.945. The average Bonchev–Trinajstić information content (AvgIpc) is 2.45. The lowest BCUT2D eigenvalue weighted by molar-refractivity contribution is -0.122. The van der Waals surface area contributed by atoms with Crippen LogP contribution in [-0.2, 0) is 4.79 Å². The molecule has 0 fully saturated rings. The molecular weight excluding hydrogens is 352 g/mol. The molecule has 3 nitrogen and oxygen atoms in total. The van der Waals surface area contributed by atoms with Gasteiger partial charge in [-0.3, -0.25) is 4.79 Å². The standard InChI is InChI=1S/C15H11Cl3FNO2/c1-8(22-13-5-3-2-4-12(13)19)15(21)20-14-10(17)6-9(16)7-11(14)18/h2-8H,1H3,(H,20,21)/t8-/m0/s1. The lowest BCUT2D eigenvalue weighted by Crippen LogP contribution is -2.30. The quantitative estimate of drug-likeness (QED) is 0.812. The molecule has 2 rings (SSSR count). The number of halogens is 4. The van der Waals surface area contributed by atoms with Crippen LogP contribution in [0.2, 0.25) is 15.1 Å². The number of carbonyl (C=O) groups excluding carboxylic acids is 1. The first-order valence-corrected chi connectivity index (χ1v) is 7.38. The fraction of sp³-hybridized carbons (Fsp3) is 0.133. The van der Waals surface area contributed by atoms with Gasteiger partial charge in [0.15, 0.2) is 17.7 Å². The van der Waals surface area contributed by atoms with Gasteiger partial charge in [0.1, 0.15) is 0 Å². The summed E-state index contributed by atoms with van der Waals surface area (Å²) in [6.07, 6.45) is -0.945. The van der Waals surface area contributed by atoms with Gasteiger partial charge in [-0.25, -0.2) is 4.39 Å². The lowest BCUT2D eigenvalue weighted by Gasteiger charge is -2.16. The molecule has 0 heterocycles. The van der Waals surface area contributed by atoms with Crippen molar-refractivity contribution in [3.63, 3.8) is 0 Å². The van der Waals surface area contributed by atoms with Crippen molar-refractivity contribution in [3.8, 4) is 5.75 Å². The van der Waals surface area contributed by atoms with E-state index in [1.165, 1.54) is 37.3 Å². The summed E-state index contributed by atoms with van der Waals surface area (Å²) in [6, 6.07) is 8.71. The second-order valence-corrected chi connectivity index (χ2v) is 5.68. The highest BCUT2D eigenvalue weighted by atomic mass is 35.5. The molecule has 0 spiro atoms. The first kappa shape index (κ1) is 16.9. The molecule has 7 heteroatoms. The van der Waals surface area contributed by atoms with Gasteiger partial charge < -0.3 is 10.1 Å². The van der Waals surface area contributed by atoms with Gasteiger partial charge in [-0.15, -0.1) is 0 Å². The predicted octanol–water partition coefficient (Wildman–Crippen LogP) is 5.19. The Morgan fingerprint density at radius 3 is 2.36 bits per heavy atom. The number of amides is 1. The van der Waals surface area contributed by atoms with Gasteiger partial charge >= 0.3 is 0 Å². The summed E-state index contributed by atoms with van der Waals surface area (Å²) in [6.45, 7) is 1.49. The molecule has 2 aromatic carbocycles. The number of ether oxygens (including phenoxy) is 1. The summed E-state index contributed by atoms with van der Waals surface area (Å²) in [5.74, 6) is -1.09. The molecule has 0 bridgehead atoms. The minimum absolute atomic E-state index is 0.0153. The number of para-hydroxylation sites is 1. The number of nitrogens with one attached hydrogen (secondary N) is 1. The number of hydrogen-bond donors (Lipinski definition) is 1. The van der Waals surface area contributed by atoms with Gasteiger partial charge in [0.2, 0.25) is 0 Å². The molecule has 0 aliphatic rings. The minimum Gasteiger partial charge on any atom is -0.478 e. The SMILES string of the molecule is C[C@H](Oc1ccccc1F)C(=O)Nc1c(Cl)cc(Cl)cc1Cl. The molecule has 0 aliphatic carbocycles. The summed E-state index contributed by atoms with van der Waals surface area (Å²) >= 11 is 17.8. The van der Waals surface area contributed by atoms with Crippen LogP contribution in [0.5, 0.6) is 5.75 Å². The van der Waals surface area contributed by atoms with Crippen LogP contribution in [0, 0.1) is 5.82 Å². The van der Waals surface area contributed by atoms with Gasteiger partial charge in [-0.1, -0.05) is 46.9 Å².